The second-order valence-electron chi connectivity index (χ2n) is 3.77. The van der Waals surface area contributed by atoms with E-state index in [9.17, 15) is 0 Å². The first-order valence-electron chi connectivity index (χ1n) is 4.60. The van der Waals surface area contributed by atoms with Crippen molar-refractivity contribution in [2.45, 2.75) is 12.8 Å². The Hall–Kier alpha value is 0.130. The van der Waals surface area contributed by atoms with Crippen molar-refractivity contribution in [3.05, 3.63) is 0 Å². The lowest BCUT2D eigenvalue weighted by molar-refractivity contribution is -0.955. The van der Waals surface area contributed by atoms with Crippen LogP contribution < -0.4 is 18.1 Å². The van der Waals surface area contributed by atoms with Crippen LogP contribution >= 0.6 is 0 Å². The third-order valence-corrected chi connectivity index (χ3v) is 3.05. The Labute approximate surface area is 85.0 Å². The summed E-state index contributed by atoms with van der Waals surface area (Å²) in [6.45, 7) is 7.76. The fraction of sp³-hybridized carbons (Fsp3) is 1.00. The highest BCUT2D eigenvalue weighted by atomic mass is 35.5. The molecule has 2 fully saturated rings. The smallest absolute Gasteiger partial charge is 0.277 e. The number of nitrogens with two attached hydrogens (primary N) is 1. The van der Waals surface area contributed by atoms with Crippen LogP contribution in [0.3, 0.4) is 0 Å². The van der Waals surface area contributed by atoms with Gasteiger partial charge in [-0.3, -0.25) is 5.73 Å². The van der Waals surface area contributed by atoms with E-state index in [1.807, 2.05) is 0 Å². The van der Waals surface area contributed by atoms with E-state index in [0.717, 1.165) is 43.9 Å². The molecule has 0 spiro atoms. The van der Waals surface area contributed by atoms with E-state index in [1.54, 1.807) is 0 Å². The lowest BCUT2D eigenvalue weighted by atomic mass is 10.2. The van der Waals surface area contributed by atoms with Gasteiger partial charge >= 0.3 is 0 Å². The third-order valence-electron chi connectivity index (χ3n) is 3.05. The van der Waals surface area contributed by atoms with Gasteiger partial charge in [0.15, 0.2) is 0 Å². The number of hydrogen-bond acceptors (Lipinski definition) is 3. The first-order valence-corrected chi connectivity index (χ1v) is 4.60. The number of nitrogens with zero attached hydrogens (tertiary/aromatic N) is 1. The highest BCUT2D eigenvalue weighted by molar-refractivity contribution is 4.70. The van der Waals surface area contributed by atoms with E-state index in [-0.39, 0.29) is 12.4 Å². The number of quaternary nitrogens is 1. The first kappa shape index (κ1) is 11.2. The molecule has 0 amide bonds. The Morgan fingerprint density at radius 3 is 2.23 bits per heavy atom. The molecule has 78 valence electrons. The summed E-state index contributed by atoms with van der Waals surface area (Å²) >= 11 is 0. The lowest BCUT2D eigenvalue weighted by Gasteiger charge is -2.50. The zero-order valence-electron chi connectivity index (χ0n) is 7.96. The molecule has 2 heterocycles. The van der Waals surface area contributed by atoms with E-state index in [0.29, 0.717) is 0 Å². The number of morpholine rings is 2. The summed E-state index contributed by atoms with van der Waals surface area (Å²) in [6.07, 6.45) is 0. The summed E-state index contributed by atoms with van der Waals surface area (Å²) in [5, 5.41) is 0. The largest absolute Gasteiger partial charge is 1.00 e. The summed E-state index contributed by atoms with van der Waals surface area (Å²) in [7, 11) is 0. The Morgan fingerprint density at radius 2 is 1.85 bits per heavy atom. The zero-order chi connectivity index (χ0) is 8.66. The molecule has 0 aromatic heterocycles. The van der Waals surface area contributed by atoms with Gasteiger partial charge in [-0.25, -0.2) is 0 Å². The molecule has 0 atom stereocenters. The summed E-state index contributed by atoms with van der Waals surface area (Å²) in [5.41, 5.74) is 5.90. The van der Waals surface area contributed by atoms with Crippen LogP contribution in [0.4, 0.5) is 0 Å². The molecule has 0 aromatic carbocycles. The molecule has 0 radical (unpaired) electrons. The van der Waals surface area contributed by atoms with Gasteiger partial charge in [-0.05, 0) is 6.92 Å². The molecule has 2 rings (SSSR count). The van der Waals surface area contributed by atoms with Crippen LogP contribution in [0.5, 0.6) is 0 Å². The Morgan fingerprint density at radius 1 is 1.31 bits per heavy atom. The number of halogens is 1. The van der Waals surface area contributed by atoms with Crippen LogP contribution in [0.1, 0.15) is 6.92 Å². The summed E-state index contributed by atoms with van der Waals surface area (Å²) < 4.78 is 11.9. The predicted octanol–water partition coefficient (Wildman–Crippen LogP) is -3.50. The fourth-order valence-electron chi connectivity index (χ4n) is 2.12. The van der Waals surface area contributed by atoms with Crippen LogP contribution in [0.15, 0.2) is 0 Å². The Balaban J connectivity index is 0.000000845. The van der Waals surface area contributed by atoms with Crippen molar-refractivity contribution in [3.8, 4) is 0 Å². The highest BCUT2D eigenvalue weighted by Gasteiger charge is 2.47. The molecule has 0 aliphatic carbocycles. The number of likely N-dealkylation sites (N-methyl/N-ethyl adjacent to an activating group) is 1. The molecule has 2 aliphatic rings. The molecule has 0 unspecified atom stereocenters. The second kappa shape index (κ2) is 3.71. The van der Waals surface area contributed by atoms with E-state index >= 15 is 0 Å². The van der Waals surface area contributed by atoms with Gasteiger partial charge in [0, 0.05) is 0 Å². The van der Waals surface area contributed by atoms with Crippen LogP contribution in [0.2, 0.25) is 0 Å². The van der Waals surface area contributed by atoms with E-state index < -0.39 is 5.91 Å². The molecule has 2 bridgehead atoms. The zero-order valence-corrected chi connectivity index (χ0v) is 8.72. The number of hydrogen-bond donors (Lipinski definition) is 1. The Kier molecular flexibility index (Phi) is 3.20. The van der Waals surface area contributed by atoms with Crippen molar-refractivity contribution in [1.82, 2.24) is 0 Å². The van der Waals surface area contributed by atoms with E-state index in [1.165, 1.54) is 0 Å². The molecular formula is C8H17ClN2O2. The minimum atomic E-state index is -0.785. The molecule has 13 heavy (non-hydrogen) atoms. The van der Waals surface area contributed by atoms with Gasteiger partial charge in [0.25, 0.3) is 5.91 Å². The van der Waals surface area contributed by atoms with Crippen molar-refractivity contribution in [3.63, 3.8) is 0 Å². The minimum Gasteiger partial charge on any atom is -1.00 e. The SMILES string of the molecule is CC[N+]12CCOC(N)(C1)OCC2.[Cl-]. The molecular weight excluding hydrogens is 192 g/mol. The van der Waals surface area contributed by atoms with Gasteiger partial charge in [0.05, 0.1) is 6.54 Å². The average Bonchev–Trinajstić information content (AvgIpc) is 2.03. The predicted molar refractivity (Wildman–Crippen MR) is 44.2 cm³/mol. The maximum absolute atomic E-state index is 5.90. The van der Waals surface area contributed by atoms with Crippen LogP contribution in [-0.4, -0.2) is 49.8 Å². The van der Waals surface area contributed by atoms with Crippen LogP contribution in [-0.2, 0) is 9.47 Å². The maximum atomic E-state index is 5.90. The summed E-state index contributed by atoms with van der Waals surface area (Å²) in [5.74, 6) is -0.785. The molecule has 0 aromatic rings. The normalized spacial score (nSPS) is 43.8. The van der Waals surface area contributed by atoms with Gasteiger partial charge in [-0.2, -0.15) is 0 Å². The second-order valence-corrected chi connectivity index (χ2v) is 3.77. The molecule has 2 saturated heterocycles. The van der Waals surface area contributed by atoms with Gasteiger partial charge in [-0.1, -0.05) is 0 Å². The molecule has 2 N–H and O–H groups in total. The van der Waals surface area contributed by atoms with Crippen LogP contribution in [0.25, 0.3) is 0 Å². The lowest BCUT2D eigenvalue weighted by Crippen LogP contribution is -3.00. The van der Waals surface area contributed by atoms with Crippen molar-refractivity contribution in [2.75, 3.05) is 39.4 Å². The molecule has 4 nitrogen and oxygen atoms in total. The molecule has 5 heteroatoms. The topological polar surface area (TPSA) is 44.5 Å². The quantitative estimate of drug-likeness (QED) is 0.455. The van der Waals surface area contributed by atoms with Crippen molar-refractivity contribution in [2.24, 2.45) is 5.73 Å². The number of rotatable bonds is 1. The fourth-order valence-corrected chi connectivity index (χ4v) is 2.12. The van der Waals surface area contributed by atoms with Crippen molar-refractivity contribution < 1.29 is 26.4 Å². The third kappa shape index (κ3) is 1.97. The average molecular weight is 209 g/mol. The van der Waals surface area contributed by atoms with E-state index in [2.05, 4.69) is 6.92 Å². The maximum Gasteiger partial charge on any atom is 0.277 e. The number of fused-ring (bicyclic) bond motifs is 2. The van der Waals surface area contributed by atoms with Gasteiger partial charge in [-0.15, -0.1) is 0 Å². The molecule has 2 aliphatic heterocycles. The Bertz CT molecular complexity index is 179. The van der Waals surface area contributed by atoms with Gasteiger partial charge < -0.3 is 26.4 Å². The highest BCUT2D eigenvalue weighted by Crippen LogP contribution is 2.25. The first-order chi connectivity index (χ1) is 5.68. The summed E-state index contributed by atoms with van der Waals surface area (Å²) in [6, 6.07) is 0. The summed E-state index contributed by atoms with van der Waals surface area (Å²) in [4.78, 5) is 0. The van der Waals surface area contributed by atoms with Crippen molar-refractivity contribution in [1.29, 1.82) is 0 Å². The molecule has 0 saturated carbocycles. The monoisotopic (exact) mass is 208 g/mol. The van der Waals surface area contributed by atoms with Crippen LogP contribution in [0, 0.1) is 0 Å². The van der Waals surface area contributed by atoms with Crippen molar-refractivity contribution >= 4 is 0 Å². The number of ether oxygens (including phenoxy) is 2. The standard InChI is InChI=1S/C8H17N2O2.ClH/c1-2-10-3-5-11-8(9,7-10)12-6-4-10;/h2-7,9H2,1H3;1H/q+1;/p-1. The van der Waals surface area contributed by atoms with Gasteiger partial charge in [0.1, 0.15) is 32.8 Å². The van der Waals surface area contributed by atoms with Gasteiger partial charge in [0.2, 0.25) is 0 Å². The van der Waals surface area contributed by atoms with E-state index in [4.69, 9.17) is 15.2 Å². The minimum absolute atomic E-state index is 0.